The molecule has 0 saturated carbocycles. The normalized spacial score (nSPS) is 10.3. The highest BCUT2D eigenvalue weighted by molar-refractivity contribution is 5.62. The second-order valence-electron chi connectivity index (χ2n) is 3.87. The van der Waals surface area contributed by atoms with Crippen LogP contribution in [0.5, 0.6) is 0 Å². The molecular formula is C11H8F3N5O2. The Morgan fingerprint density at radius 2 is 1.67 bits per heavy atom. The van der Waals surface area contributed by atoms with Gasteiger partial charge in [-0.1, -0.05) is 0 Å². The van der Waals surface area contributed by atoms with Crippen LogP contribution in [-0.2, 0) is 0 Å². The van der Waals surface area contributed by atoms with Crippen molar-refractivity contribution in [2.45, 2.75) is 0 Å². The Morgan fingerprint density at radius 1 is 1.10 bits per heavy atom. The van der Waals surface area contributed by atoms with Gasteiger partial charge in [-0.2, -0.15) is 0 Å². The molecule has 4 N–H and O–H groups in total. The highest BCUT2D eigenvalue weighted by atomic mass is 19.1. The van der Waals surface area contributed by atoms with Crippen LogP contribution in [0.25, 0.3) is 0 Å². The average molecular weight is 299 g/mol. The third-order valence-corrected chi connectivity index (χ3v) is 2.43. The number of benzene rings is 1. The Hall–Kier alpha value is -2.88. The van der Waals surface area contributed by atoms with E-state index >= 15 is 0 Å². The van der Waals surface area contributed by atoms with Crippen molar-refractivity contribution in [2.24, 2.45) is 5.84 Å². The van der Waals surface area contributed by atoms with Crippen molar-refractivity contribution in [1.82, 2.24) is 4.98 Å². The fraction of sp³-hybridized carbons (Fsp3) is 0. The minimum atomic E-state index is -1.21. The van der Waals surface area contributed by atoms with Gasteiger partial charge in [-0.05, 0) is 0 Å². The van der Waals surface area contributed by atoms with Gasteiger partial charge in [0.15, 0.2) is 11.6 Å². The van der Waals surface area contributed by atoms with Crippen LogP contribution in [0.4, 0.5) is 36.2 Å². The fourth-order valence-electron chi connectivity index (χ4n) is 1.55. The van der Waals surface area contributed by atoms with Gasteiger partial charge >= 0.3 is 0 Å². The van der Waals surface area contributed by atoms with Gasteiger partial charge < -0.3 is 10.7 Å². The Bertz CT molecular complexity index is 687. The summed E-state index contributed by atoms with van der Waals surface area (Å²) < 4.78 is 39.8. The predicted molar refractivity (Wildman–Crippen MR) is 68.3 cm³/mol. The molecule has 21 heavy (non-hydrogen) atoms. The molecule has 1 heterocycles. The van der Waals surface area contributed by atoms with Gasteiger partial charge in [-0.15, -0.1) is 0 Å². The van der Waals surface area contributed by atoms with E-state index in [-0.39, 0.29) is 11.6 Å². The number of nitrogens with two attached hydrogens (primary N) is 1. The largest absolute Gasteiger partial charge is 0.335 e. The van der Waals surface area contributed by atoms with Crippen LogP contribution in [0.2, 0.25) is 0 Å². The number of nitrogens with one attached hydrogen (secondary N) is 2. The maximum absolute atomic E-state index is 13.5. The zero-order chi connectivity index (χ0) is 15.6. The van der Waals surface area contributed by atoms with Crippen LogP contribution in [0.3, 0.4) is 0 Å². The van der Waals surface area contributed by atoms with Crippen LogP contribution in [0, 0.1) is 27.6 Å². The number of halogens is 3. The lowest BCUT2D eigenvalue weighted by Crippen LogP contribution is -2.10. The molecule has 0 atom stereocenters. The minimum Gasteiger partial charge on any atom is -0.335 e. The molecule has 1 aromatic heterocycles. The van der Waals surface area contributed by atoms with Crippen molar-refractivity contribution in [1.29, 1.82) is 0 Å². The van der Waals surface area contributed by atoms with Gasteiger partial charge in [-0.25, -0.2) is 24.0 Å². The molecule has 0 fully saturated rings. The molecule has 0 saturated heterocycles. The van der Waals surface area contributed by atoms with Crippen molar-refractivity contribution in [3.05, 3.63) is 51.8 Å². The number of aromatic nitrogens is 1. The number of nitrogens with zero attached hydrogens (tertiary/aromatic N) is 2. The van der Waals surface area contributed by atoms with Crippen LogP contribution >= 0.6 is 0 Å². The average Bonchev–Trinajstić information content (AvgIpc) is 2.42. The van der Waals surface area contributed by atoms with E-state index in [0.29, 0.717) is 12.1 Å². The number of nitro groups is 1. The first-order valence-electron chi connectivity index (χ1n) is 5.45. The lowest BCUT2D eigenvalue weighted by atomic mass is 10.2. The van der Waals surface area contributed by atoms with E-state index in [0.717, 1.165) is 12.1 Å². The zero-order valence-corrected chi connectivity index (χ0v) is 10.2. The summed E-state index contributed by atoms with van der Waals surface area (Å²) in [7, 11) is 0. The lowest BCUT2D eigenvalue weighted by molar-refractivity contribution is -0.384. The number of hydrazine groups is 1. The van der Waals surface area contributed by atoms with Crippen molar-refractivity contribution < 1.29 is 18.1 Å². The third-order valence-electron chi connectivity index (χ3n) is 2.43. The van der Waals surface area contributed by atoms with E-state index in [4.69, 9.17) is 5.84 Å². The molecule has 7 nitrogen and oxygen atoms in total. The summed E-state index contributed by atoms with van der Waals surface area (Å²) >= 11 is 0. The number of nitrogen functional groups attached to an aromatic ring is 1. The number of anilines is 3. The first-order chi connectivity index (χ1) is 9.90. The number of hydrogen-bond acceptors (Lipinski definition) is 6. The monoisotopic (exact) mass is 299 g/mol. The van der Waals surface area contributed by atoms with Gasteiger partial charge in [0.05, 0.1) is 17.1 Å². The molecule has 0 spiro atoms. The lowest BCUT2D eigenvalue weighted by Gasteiger charge is -2.09. The maximum Gasteiger partial charge on any atom is 0.276 e. The molecule has 0 aliphatic carbocycles. The highest BCUT2D eigenvalue weighted by Gasteiger charge is 2.15. The molecule has 0 radical (unpaired) electrons. The highest BCUT2D eigenvalue weighted by Crippen LogP contribution is 2.26. The topological polar surface area (TPSA) is 106 Å². The van der Waals surface area contributed by atoms with E-state index in [1.54, 1.807) is 0 Å². The first kappa shape index (κ1) is 14.5. The summed E-state index contributed by atoms with van der Waals surface area (Å²) in [6, 6.07) is 2.90. The van der Waals surface area contributed by atoms with Gasteiger partial charge in [0.1, 0.15) is 23.1 Å². The molecule has 0 aliphatic heterocycles. The van der Waals surface area contributed by atoms with Crippen molar-refractivity contribution >= 4 is 23.0 Å². The molecule has 0 unspecified atom stereocenters. The SMILES string of the molecule is NNc1cc([N+](=O)[O-])cc(Nc2c(F)cc(F)cc2F)n1. The third kappa shape index (κ3) is 3.17. The maximum atomic E-state index is 13.5. The van der Waals surface area contributed by atoms with Crippen molar-refractivity contribution in [3.8, 4) is 0 Å². The van der Waals surface area contributed by atoms with Gasteiger partial charge in [-0.3, -0.25) is 10.1 Å². The quantitative estimate of drug-likeness (QED) is 0.455. The summed E-state index contributed by atoms with van der Waals surface area (Å²) in [5.41, 5.74) is 0.996. The van der Waals surface area contributed by atoms with Gasteiger partial charge in [0.2, 0.25) is 0 Å². The van der Waals surface area contributed by atoms with E-state index < -0.39 is 33.7 Å². The number of pyridine rings is 1. The number of hydrogen-bond donors (Lipinski definition) is 3. The summed E-state index contributed by atoms with van der Waals surface area (Å²) in [6.45, 7) is 0. The molecule has 10 heteroatoms. The summed E-state index contributed by atoms with van der Waals surface area (Å²) in [4.78, 5) is 13.8. The minimum absolute atomic E-state index is 0.0883. The smallest absolute Gasteiger partial charge is 0.276 e. The second-order valence-corrected chi connectivity index (χ2v) is 3.87. The van der Waals surface area contributed by atoms with E-state index in [1.165, 1.54) is 0 Å². The fourth-order valence-corrected chi connectivity index (χ4v) is 1.55. The predicted octanol–water partition coefficient (Wildman–Crippen LogP) is 2.44. The zero-order valence-electron chi connectivity index (χ0n) is 10.2. The molecule has 2 rings (SSSR count). The summed E-state index contributed by atoms with van der Waals surface area (Å²) in [6.07, 6.45) is 0. The second kappa shape index (κ2) is 5.63. The van der Waals surface area contributed by atoms with Crippen LogP contribution in [0.1, 0.15) is 0 Å². The molecular weight excluding hydrogens is 291 g/mol. The molecule has 0 bridgehead atoms. The van der Waals surface area contributed by atoms with Crippen molar-refractivity contribution in [2.75, 3.05) is 10.7 Å². The standard InChI is InChI=1S/C11H8F3N5O2/c12-5-1-7(13)11(8(14)2-5)17-9-3-6(19(20)21)4-10(16-9)18-15/h1-4H,15H2,(H2,16,17,18). The number of rotatable bonds is 4. The van der Waals surface area contributed by atoms with Gasteiger partial charge in [0, 0.05) is 12.1 Å². The molecule has 0 aliphatic rings. The van der Waals surface area contributed by atoms with E-state index in [2.05, 4.69) is 15.7 Å². The van der Waals surface area contributed by atoms with Crippen LogP contribution in [0.15, 0.2) is 24.3 Å². The van der Waals surface area contributed by atoms with E-state index in [9.17, 15) is 23.3 Å². The Kier molecular flexibility index (Phi) is 3.89. The Balaban J connectivity index is 2.44. The van der Waals surface area contributed by atoms with Crippen LogP contribution < -0.4 is 16.6 Å². The molecule has 1 aromatic carbocycles. The molecule has 110 valence electrons. The van der Waals surface area contributed by atoms with Crippen molar-refractivity contribution in [3.63, 3.8) is 0 Å². The van der Waals surface area contributed by atoms with Crippen LogP contribution in [-0.4, -0.2) is 9.91 Å². The van der Waals surface area contributed by atoms with E-state index in [1.807, 2.05) is 0 Å². The Labute approximate surface area is 115 Å². The molecule has 0 amide bonds. The van der Waals surface area contributed by atoms with Gasteiger partial charge in [0.25, 0.3) is 5.69 Å². The Morgan fingerprint density at radius 3 is 2.19 bits per heavy atom. The summed E-state index contributed by atoms with van der Waals surface area (Å²) in [5.74, 6) is 1.28. The summed E-state index contributed by atoms with van der Waals surface area (Å²) in [5, 5.41) is 12.9. The molecule has 2 aromatic rings. The first-order valence-corrected chi connectivity index (χ1v) is 5.45.